The van der Waals surface area contributed by atoms with Gasteiger partial charge in [-0.3, -0.25) is 4.79 Å². The van der Waals surface area contributed by atoms with Gasteiger partial charge >= 0.3 is 0 Å². The molecule has 0 aliphatic heterocycles. The number of aromatic nitrogens is 1. The van der Waals surface area contributed by atoms with Gasteiger partial charge in [-0.25, -0.2) is 0 Å². The molecule has 1 aromatic heterocycles. The van der Waals surface area contributed by atoms with Crippen molar-refractivity contribution in [2.75, 3.05) is 7.11 Å². The Hall–Kier alpha value is -1.97. The fourth-order valence-corrected chi connectivity index (χ4v) is 1.71. The third kappa shape index (κ3) is 2.58. The third-order valence-corrected chi connectivity index (χ3v) is 2.68. The number of fused-ring (bicyclic) bond motifs is 1. The number of aromatic amines is 1. The van der Waals surface area contributed by atoms with Gasteiger partial charge in [0.2, 0.25) is 5.91 Å². The molecule has 1 amide bonds. The summed E-state index contributed by atoms with van der Waals surface area (Å²) in [5.41, 5.74) is 2.01. The Morgan fingerprint density at radius 3 is 2.94 bits per heavy atom. The predicted octanol–water partition coefficient (Wildman–Crippen LogP) is 2.20. The summed E-state index contributed by atoms with van der Waals surface area (Å²) in [6.45, 7) is 2.37. The van der Waals surface area contributed by atoms with Crippen molar-refractivity contribution in [1.29, 1.82) is 0 Å². The second-order valence-corrected chi connectivity index (χ2v) is 3.88. The molecule has 0 aliphatic carbocycles. The van der Waals surface area contributed by atoms with Gasteiger partial charge in [0.25, 0.3) is 0 Å². The highest BCUT2D eigenvalue weighted by atomic mass is 16.5. The normalized spacial score (nSPS) is 10.5. The lowest BCUT2D eigenvalue weighted by atomic mass is 10.2. The Labute approximate surface area is 100.0 Å². The van der Waals surface area contributed by atoms with Crippen LogP contribution in [-0.2, 0) is 11.3 Å². The average Bonchev–Trinajstić information content (AvgIpc) is 2.77. The van der Waals surface area contributed by atoms with E-state index in [0.29, 0.717) is 13.0 Å². The van der Waals surface area contributed by atoms with Gasteiger partial charge in [-0.15, -0.1) is 0 Å². The number of benzene rings is 1. The lowest BCUT2D eigenvalue weighted by Crippen LogP contribution is -2.21. The fourth-order valence-electron chi connectivity index (χ4n) is 1.71. The highest BCUT2D eigenvalue weighted by Gasteiger charge is 2.03. The van der Waals surface area contributed by atoms with Crippen LogP contribution in [0, 0.1) is 0 Å². The van der Waals surface area contributed by atoms with Crippen molar-refractivity contribution in [1.82, 2.24) is 10.3 Å². The zero-order valence-corrected chi connectivity index (χ0v) is 10.0. The first kappa shape index (κ1) is 11.5. The van der Waals surface area contributed by atoms with Crippen molar-refractivity contribution in [2.45, 2.75) is 19.9 Å². The number of ether oxygens (including phenoxy) is 1. The summed E-state index contributed by atoms with van der Waals surface area (Å²) in [6.07, 6.45) is 0.508. The maximum Gasteiger partial charge on any atom is 0.220 e. The van der Waals surface area contributed by atoms with Gasteiger partial charge in [0.1, 0.15) is 5.75 Å². The van der Waals surface area contributed by atoms with Gasteiger partial charge in [0.05, 0.1) is 13.7 Å². The van der Waals surface area contributed by atoms with E-state index in [9.17, 15) is 4.79 Å². The van der Waals surface area contributed by atoms with Crippen molar-refractivity contribution < 1.29 is 9.53 Å². The molecule has 90 valence electrons. The first-order valence-corrected chi connectivity index (χ1v) is 5.65. The van der Waals surface area contributed by atoms with Gasteiger partial charge in [0, 0.05) is 23.7 Å². The molecule has 0 unspecified atom stereocenters. The maximum atomic E-state index is 11.2. The molecule has 2 N–H and O–H groups in total. The smallest absolute Gasteiger partial charge is 0.220 e. The summed E-state index contributed by atoms with van der Waals surface area (Å²) in [6, 6.07) is 7.89. The van der Waals surface area contributed by atoms with Crippen LogP contribution in [0.2, 0.25) is 0 Å². The number of H-pyrrole nitrogens is 1. The Morgan fingerprint density at radius 2 is 2.24 bits per heavy atom. The number of methoxy groups -OCH3 is 1. The molecule has 0 atom stereocenters. The number of amides is 1. The van der Waals surface area contributed by atoms with E-state index in [1.54, 1.807) is 7.11 Å². The molecular formula is C13H16N2O2. The van der Waals surface area contributed by atoms with Crippen LogP contribution in [-0.4, -0.2) is 18.0 Å². The van der Waals surface area contributed by atoms with Gasteiger partial charge in [-0.05, 0) is 23.6 Å². The highest BCUT2D eigenvalue weighted by molar-refractivity contribution is 5.82. The molecule has 0 radical (unpaired) electrons. The summed E-state index contributed by atoms with van der Waals surface area (Å²) in [5, 5.41) is 3.95. The predicted molar refractivity (Wildman–Crippen MR) is 67.0 cm³/mol. The summed E-state index contributed by atoms with van der Waals surface area (Å²) in [7, 11) is 1.65. The molecule has 17 heavy (non-hydrogen) atoms. The van der Waals surface area contributed by atoms with Gasteiger partial charge in [0.15, 0.2) is 0 Å². The van der Waals surface area contributed by atoms with Crippen LogP contribution < -0.4 is 10.1 Å². The number of carbonyl (C=O) groups is 1. The molecule has 4 nitrogen and oxygen atoms in total. The monoisotopic (exact) mass is 232 g/mol. The number of hydrogen-bond acceptors (Lipinski definition) is 2. The topological polar surface area (TPSA) is 54.1 Å². The standard InChI is InChI=1S/C13H16N2O2/c1-3-13(16)14-8-10-6-9-4-5-11(17-2)7-12(9)15-10/h4-7,15H,3,8H2,1-2H3,(H,14,16). The molecule has 0 bridgehead atoms. The Kier molecular flexibility index (Phi) is 3.32. The van der Waals surface area contributed by atoms with Crippen molar-refractivity contribution in [3.8, 4) is 5.75 Å². The van der Waals surface area contributed by atoms with Crippen LogP contribution in [0.25, 0.3) is 10.9 Å². The van der Waals surface area contributed by atoms with Crippen LogP contribution in [0.4, 0.5) is 0 Å². The molecule has 1 heterocycles. The summed E-state index contributed by atoms with van der Waals surface area (Å²) in [4.78, 5) is 14.4. The zero-order chi connectivity index (χ0) is 12.3. The highest BCUT2D eigenvalue weighted by Crippen LogP contribution is 2.21. The number of nitrogens with one attached hydrogen (secondary N) is 2. The van der Waals surface area contributed by atoms with Crippen molar-refractivity contribution >= 4 is 16.8 Å². The van der Waals surface area contributed by atoms with E-state index in [0.717, 1.165) is 22.3 Å². The van der Waals surface area contributed by atoms with Gasteiger partial charge < -0.3 is 15.0 Å². The number of carbonyl (C=O) groups excluding carboxylic acids is 1. The zero-order valence-electron chi connectivity index (χ0n) is 10.0. The van der Waals surface area contributed by atoms with E-state index < -0.39 is 0 Å². The van der Waals surface area contributed by atoms with Crippen LogP contribution in [0.5, 0.6) is 5.75 Å². The fraction of sp³-hybridized carbons (Fsp3) is 0.308. The lowest BCUT2D eigenvalue weighted by Gasteiger charge is -2.00. The Balaban J connectivity index is 2.17. The third-order valence-electron chi connectivity index (χ3n) is 2.68. The van der Waals surface area contributed by atoms with Crippen molar-refractivity contribution in [3.63, 3.8) is 0 Å². The number of rotatable bonds is 4. The van der Waals surface area contributed by atoms with E-state index in [1.165, 1.54) is 0 Å². The molecule has 2 aromatic rings. The molecular weight excluding hydrogens is 216 g/mol. The molecule has 2 rings (SSSR count). The van der Waals surface area contributed by atoms with Crippen molar-refractivity contribution in [2.24, 2.45) is 0 Å². The second-order valence-electron chi connectivity index (χ2n) is 3.88. The molecule has 1 aromatic carbocycles. The van der Waals surface area contributed by atoms with E-state index >= 15 is 0 Å². The minimum Gasteiger partial charge on any atom is -0.497 e. The van der Waals surface area contributed by atoms with E-state index in [1.807, 2.05) is 31.2 Å². The molecule has 0 aliphatic rings. The quantitative estimate of drug-likeness (QED) is 0.849. The van der Waals surface area contributed by atoms with Crippen LogP contribution >= 0.6 is 0 Å². The minimum atomic E-state index is 0.0567. The molecule has 0 spiro atoms. The first-order chi connectivity index (χ1) is 8.22. The van der Waals surface area contributed by atoms with E-state index in [2.05, 4.69) is 10.3 Å². The molecule has 0 saturated carbocycles. The Morgan fingerprint density at radius 1 is 1.41 bits per heavy atom. The van der Waals surface area contributed by atoms with Crippen LogP contribution in [0.15, 0.2) is 24.3 Å². The molecule has 4 heteroatoms. The largest absolute Gasteiger partial charge is 0.497 e. The van der Waals surface area contributed by atoms with Crippen LogP contribution in [0.3, 0.4) is 0 Å². The van der Waals surface area contributed by atoms with Crippen molar-refractivity contribution in [3.05, 3.63) is 30.0 Å². The van der Waals surface area contributed by atoms with Crippen LogP contribution in [0.1, 0.15) is 19.0 Å². The summed E-state index contributed by atoms with van der Waals surface area (Å²) < 4.78 is 5.16. The first-order valence-electron chi connectivity index (χ1n) is 5.65. The minimum absolute atomic E-state index is 0.0567. The molecule has 0 saturated heterocycles. The van der Waals surface area contributed by atoms with Gasteiger partial charge in [-0.1, -0.05) is 6.92 Å². The second kappa shape index (κ2) is 4.91. The van der Waals surface area contributed by atoms with Gasteiger partial charge in [-0.2, -0.15) is 0 Å². The Bertz CT molecular complexity index is 531. The summed E-state index contributed by atoms with van der Waals surface area (Å²) in [5.74, 6) is 0.879. The van der Waals surface area contributed by atoms with E-state index in [-0.39, 0.29) is 5.91 Å². The summed E-state index contributed by atoms with van der Waals surface area (Å²) >= 11 is 0. The number of hydrogen-bond donors (Lipinski definition) is 2. The SMILES string of the molecule is CCC(=O)NCc1cc2ccc(OC)cc2[nH]1. The average molecular weight is 232 g/mol. The lowest BCUT2D eigenvalue weighted by molar-refractivity contribution is -0.120. The molecule has 0 fully saturated rings. The van der Waals surface area contributed by atoms with E-state index in [4.69, 9.17) is 4.74 Å². The maximum absolute atomic E-state index is 11.2.